The van der Waals surface area contributed by atoms with Gasteiger partial charge in [-0.1, -0.05) is 34.8 Å². The molecule has 3 aromatic rings. The average molecular weight is 567 g/mol. The van der Waals surface area contributed by atoms with Crippen LogP contribution in [0.1, 0.15) is 31.5 Å². The van der Waals surface area contributed by atoms with E-state index in [1.54, 1.807) is 0 Å². The first kappa shape index (κ1) is 28.4. The van der Waals surface area contributed by atoms with Crippen LogP contribution in [0.15, 0.2) is 36.4 Å². The van der Waals surface area contributed by atoms with Crippen molar-refractivity contribution in [3.05, 3.63) is 57.3 Å². The molecule has 1 unspecified atom stereocenters. The lowest BCUT2D eigenvalue weighted by atomic mass is 9.95. The summed E-state index contributed by atoms with van der Waals surface area (Å²) in [5.41, 5.74) is 1.84. The molecule has 0 bridgehead atoms. The predicted molar refractivity (Wildman–Crippen MR) is 134 cm³/mol. The van der Waals surface area contributed by atoms with Gasteiger partial charge in [0.2, 0.25) is 0 Å². The molecule has 1 aliphatic heterocycles. The number of nitrogens with zero attached hydrogens (tertiary/aromatic N) is 2. The maximum atomic E-state index is 10.6. The fourth-order valence-electron chi connectivity index (χ4n) is 3.92. The number of ether oxygens (including phenoxy) is 1. The molecular weight excluding hydrogens is 542 g/mol. The number of carbonyl (C=O) groups is 1. The molecule has 1 aromatic heterocycles. The molecule has 0 saturated carbocycles. The van der Waals surface area contributed by atoms with E-state index in [4.69, 9.17) is 54.4 Å². The van der Waals surface area contributed by atoms with E-state index in [1.807, 2.05) is 36.4 Å². The fraction of sp³-hybridized carbons (Fsp3) is 0.417. The highest BCUT2D eigenvalue weighted by Crippen LogP contribution is 2.29. The summed E-state index contributed by atoms with van der Waals surface area (Å²) in [7, 11) is 0. The average Bonchev–Trinajstić information content (AvgIpc) is 3.15. The Labute approximate surface area is 221 Å². The van der Waals surface area contributed by atoms with Gasteiger partial charge in [0, 0.05) is 11.6 Å². The molecule has 12 heteroatoms. The summed E-state index contributed by atoms with van der Waals surface area (Å²) in [4.78, 5) is 13.7. The largest absolute Gasteiger partial charge is 0.490 e. The lowest BCUT2D eigenvalue weighted by molar-refractivity contribution is -0.192. The molecule has 196 valence electrons. The molecule has 6 nitrogen and oxygen atoms in total. The summed E-state index contributed by atoms with van der Waals surface area (Å²) in [6.07, 6.45) is -0.212. The molecule has 1 atom stereocenters. The number of fused-ring (bicyclic) bond motifs is 1. The Kier molecular flexibility index (Phi) is 10.1. The van der Waals surface area contributed by atoms with Crippen LogP contribution >= 0.6 is 34.8 Å². The number of hydrogen-bond acceptors (Lipinski definition) is 4. The maximum Gasteiger partial charge on any atom is 0.490 e. The number of imidazole rings is 1. The number of carboxylic acid groups (broad SMARTS) is 1. The van der Waals surface area contributed by atoms with Crippen molar-refractivity contribution in [1.29, 1.82) is 0 Å². The van der Waals surface area contributed by atoms with Gasteiger partial charge >= 0.3 is 12.1 Å². The lowest BCUT2D eigenvalue weighted by Gasteiger charge is -2.22. The van der Waals surface area contributed by atoms with Crippen molar-refractivity contribution in [2.24, 2.45) is 5.92 Å². The Morgan fingerprint density at radius 2 is 1.83 bits per heavy atom. The first-order valence-corrected chi connectivity index (χ1v) is 12.4. The maximum absolute atomic E-state index is 10.6. The van der Waals surface area contributed by atoms with E-state index in [-0.39, 0.29) is 0 Å². The van der Waals surface area contributed by atoms with E-state index in [2.05, 4.69) is 9.88 Å². The SMILES string of the molecule is Clc1ccc(OCc2nc3cc(Cl)c(Cl)cc3n2CCCC2CCCNC2)cc1.O=C(O)C(F)(F)F. The van der Waals surface area contributed by atoms with Crippen LogP contribution in [0.2, 0.25) is 15.1 Å². The van der Waals surface area contributed by atoms with Gasteiger partial charge in [-0.2, -0.15) is 13.2 Å². The second-order valence-electron chi connectivity index (χ2n) is 8.33. The van der Waals surface area contributed by atoms with Gasteiger partial charge in [0.25, 0.3) is 0 Å². The van der Waals surface area contributed by atoms with Crippen molar-refractivity contribution in [1.82, 2.24) is 14.9 Å². The van der Waals surface area contributed by atoms with Gasteiger partial charge < -0.3 is 19.7 Å². The van der Waals surface area contributed by atoms with Gasteiger partial charge in [-0.3, -0.25) is 0 Å². The smallest absolute Gasteiger partial charge is 0.486 e. The molecular formula is C24H25Cl3F3N3O3. The fourth-order valence-corrected chi connectivity index (χ4v) is 4.36. The number of hydrogen-bond donors (Lipinski definition) is 2. The first-order chi connectivity index (χ1) is 17.0. The molecule has 36 heavy (non-hydrogen) atoms. The van der Waals surface area contributed by atoms with Gasteiger partial charge in [0.15, 0.2) is 0 Å². The number of piperidine rings is 1. The molecule has 1 saturated heterocycles. The van der Waals surface area contributed by atoms with Crippen LogP contribution in [-0.2, 0) is 17.9 Å². The second kappa shape index (κ2) is 12.9. The highest BCUT2D eigenvalue weighted by molar-refractivity contribution is 6.42. The zero-order valence-electron chi connectivity index (χ0n) is 19.1. The van der Waals surface area contributed by atoms with Crippen LogP contribution in [0.3, 0.4) is 0 Å². The summed E-state index contributed by atoms with van der Waals surface area (Å²) in [6, 6.07) is 11.1. The minimum atomic E-state index is -5.08. The van der Waals surface area contributed by atoms with Crippen LogP contribution in [0.25, 0.3) is 11.0 Å². The number of benzene rings is 2. The topological polar surface area (TPSA) is 76.4 Å². The molecule has 1 aliphatic rings. The minimum absolute atomic E-state index is 0.372. The van der Waals surface area contributed by atoms with Gasteiger partial charge in [0.1, 0.15) is 18.2 Å². The van der Waals surface area contributed by atoms with Crippen molar-refractivity contribution in [3.8, 4) is 5.75 Å². The lowest BCUT2D eigenvalue weighted by Crippen LogP contribution is -2.29. The number of aryl methyl sites for hydroxylation is 1. The third-order valence-electron chi connectivity index (χ3n) is 5.69. The Balaban J connectivity index is 0.000000454. The third kappa shape index (κ3) is 8.16. The highest BCUT2D eigenvalue weighted by Gasteiger charge is 2.38. The number of nitrogens with one attached hydrogen (secondary N) is 1. The van der Waals surface area contributed by atoms with Crippen LogP contribution in [0.5, 0.6) is 5.75 Å². The Morgan fingerprint density at radius 1 is 1.17 bits per heavy atom. The second-order valence-corrected chi connectivity index (χ2v) is 9.59. The summed E-state index contributed by atoms with van der Waals surface area (Å²) >= 11 is 18.5. The van der Waals surface area contributed by atoms with Gasteiger partial charge in [-0.15, -0.1) is 0 Å². The number of alkyl halides is 3. The molecule has 0 radical (unpaired) electrons. The standard InChI is InChI=1S/C22H24Cl3N3O.C2HF3O2/c23-16-5-7-17(8-6-16)29-14-22-27-20-11-18(24)19(25)12-21(20)28(22)10-2-4-15-3-1-9-26-13-15;3-2(4,5)1(6)7/h5-8,11-12,15,26H,1-4,9-10,13-14H2;(H,6,7). The van der Waals surface area contributed by atoms with E-state index in [0.29, 0.717) is 21.7 Å². The normalized spacial score (nSPS) is 15.9. The summed E-state index contributed by atoms with van der Waals surface area (Å²) in [5, 5.41) is 12.4. The number of aliphatic carboxylic acids is 1. The van der Waals surface area contributed by atoms with Crippen LogP contribution in [-0.4, -0.2) is 39.9 Å². The van der Waals surface area contributed by atoms with Crippen molar-refractivity contribution in [2.75, 3.05) is 13.1 Å². The van der Waals surface area contributed by atoms with E-state index in [1.165, 1.54) is 19.3 Å². The summed E-state index contributed by atoms with van der Waals surface area (Å²) in [6.45, 7) is 3.52. The van der Waals surface area contributed by atoms with Crippen LogP contribution in [0, 0.1) is 5.92 Å². The number of rotatable bonds is 7. The predicted octanol–water partition coefficient (Wildman–Crippen LogP) is 6.99. The highest BCUT2D eigenvalue weighted by atomic mass is 35.5. The van der Waals surface area contributed by atoms with E-state index >= 15 is 0 Å². The molecule has 0 spiro atoms. The minimum Gasteiger partial charge on any atom is -0.486 e. The Morgan fingerprint density at radius 3 is 2.44 bits per heavy atom. The molecule has 0 amide bonds. The zero-order chi connectivity index (χ0) is 26.3. The van der Waals surface area contributed by atoms with Crippen molar-refractivity contribution < 1.29 is 27.8 Å². The molecule has 2 N–H and O–H groups in total. The Bertz CT molecular complexity index is 1160. The van der Waals surface area contributed by atoms with Crippen LogP contribution in [0.4, 0.5) is 13.2 Å². The summed E-state index contributed by atoms with van der Waals surface area (Å²) < 4.78 is 39.9. The Hall–Kier alpha value is -2.20. The monoisotopic (exact) mass is 565 g/mol. The first-order valence-electron chi connectivity index (χ1n) is 11.3. The van der Waals surface area contributed by atoms with Crippen molar-refractivity contribution in [2.45, 2.75) is 45.0 Å². The molecule has 2 aromatic carbocycles. The molecule has 1 fully saturated rings. The van der Waals surface area contributed by atoms with Gasteiger partial charge in [-0.25, -0.2) is 9.78 Å². The number of carboxylic acids is 1. The van der Waals surface area contributed by atoms with Gasteiger partial charge in [0.05, 0.1) is 21.1 Å². The van der Waals surface area contributed by atoms with Crippen LogP contribution < -0.4 is 10.1 Å². The molecule has 4 rings (SSSR count). The number of aromatic nitrogens is 2. The molecule has 2 heterocycles. The third-order valence-corrected chi connectivity index (χ3v) is 6.66. The zero-order valence-corrected chi connectivity index (χ0v) is 21.4. The summed E-state index contributed by atoms with van der Waals surface area (Å²) in [5.74, 6) is -0.370. The van der Waals surface area contributed by atoms with Crippen molar-refractivity contribution >= 4 is 51.8 Å². The number of halogens is 6. The van der Waals surface area contributed by atoms with E-state index in [9.17, 15) is 13.2 Å². The van der Waals surface area contributed by atoms with E-state index in [0.717, 1.165) is 54.6 Å². The van der Waals surface area contributed by atoms with Gasteiger partial charge in [-0.05, 0) is 81.1 Å². The molecule has 0 aliphatic carbocycles. The van der Waals surface area contributed by atoms with Crippen molar-refractivity contribution in [3.63, 3.8) is 0 Å². The van der Waals surface area contributed by atoms with E-state index < -0.39 is 12.1 Å². The quantitative estimate of drug-likeness (QED) is 0.322.